The van der Waals surface area contributed by atoms with Crippen LogP contribution in [0, 0.1) is 5.82 Å². The van der Waals surface area contributed by atoms with Gasteiger partial charge in [0.15, 0.2) is 0 Å². The monoisotopic (exact) mass is 321 g/mol. The van der Waals surface area contributed by atoms with E-state index in [-0.39, 0.29) is 30.2 Å². The lowest BCUT2D eigenvalue weighted by Crippen LogP contribution is -2.52. The Morgan fingerprint density at radius 3 is 2.30 bits per heavy atom. The summed E-state index contributed by atoms with van der Waals surface area (Å²) in [5, 5.41) is 0. The second kappa shape index (κ2) is 7.44. The quantitative estimate of drug-likeness (QED) is 0.848. The summed E-state index contributed by atoms with van der Waals surface area (Å²) in [7, 11) is 0. The first-order valence-electron chi connectivity index (χ1n) is 7.94. The lowest BCUT2D eigenvalue weighted by atomic mass is 10.2. The molecule has 0 saturated carbocycles. The van der Waals surface area contributed by atoms with Crippen LogP contribution in [0.4, 0.5) is 10.1 Å². The van der Waals surface area contributed by atoms with Crippen LogP contribution >= 0.6 is 0 Å². The number of hydrogen-bond acceptors (Lipinski definition) is 3. The van der Waals surface area contributed by atoms with E-state index in [9.17, 15) is 14.0 Å². The molecule has 0 aliphatic carbocycles. The number of carbonyl (C=O) groups excluding carboxylic acids is 2. The van der Waals surface area contributed by atoms with Crippen molar-refractivity contribution in [1.29, 1.82) is 0 Å². The van der Waals surface area contributed by atoms with Crippen molar-refractivity contribution in [2.75, 3.05) is 37.6 Å². The SMILES string of the molecule is CC(=O)N(CC(=O)N1CCN(c2ccccc2F)CC1)C(C)C. The first kappa shape index (κ1) is 17.2. The fourth-order valence-electron chi connectivity index (χ4n) is 2.81. The molecule has 0 unspecified atom stereocenters. The van der Waals surface area contributed by atoms with Gasteiger partial charge in [0.1, 0.15) is 5.82 Å². The summed E-state index contributed by atoms with van der Waals surface area (Å²) in [5.41, 5.74) is 0.576. The van der Waals surface area contributed by atoms with Gasteiger partial charge >= 0.3 is 0 Å². The molecule has 6 heteroatoms. The number of benzene rings is 1. The van der Waals surface area contributed by atoms with Crippen LogP contribution < -0.4 is 4.90 Å². The summed E-state index contributed by atoms with van der Waals surface area (Å²) in [6, 6.07) is 6.67. The first-order chi connectivity index (χ1) is 10.9. The molecule has 0 atom stereocenters. The fourth-order valence-corrected chi connectivity index (χ4v) is 2.81. The lowest BCUT2D eigenvalue weighted by Gasteiger charge is -2.37. The van der Waals surface area contributed by atoms with Crippen molar-refractivity contribution < 1.29 is 14.0 Å². The molecule has 0 N–H and O–H groups in total. The van der Waals surface area contributed by atoms with Gasteiger partial charge in [-0.3, -0.25) is 9.59 Å². The van der Waals surface area contributed by atoms with E-state index in [0.717, 1.165) is 0 Å². The van der Waals surface area contributed by atoms with E-state index in [0.29, 0.717) is 31.9 Å². The van der Waals surface area contributed by atoms with Gasteiger partial charge < -0.3 is 14.7 Å². The molecule has 0 bridgehead atoms. The van der Waals surface area contributed by atoms with E-state index in [2.05, 4.69) is 0 Å². The van der Waals surface area contributed by atoms with Crippen LogP contribution in [-0.2, 0) is 9.59 Å². The summed E-state index contributed by atoms with van der Waals surface area (Å²) in [5.74, 6) is -0.393. The van der Waals surface area contributed by atoms with Crippen LogP contribution in [0.5, 0.6) is 0 Å². The Morgan fingerprint density at radius 2 is 1.78 bits per heavy atom. The predicted octanol–water partition coefficient (Wildman–Crippen LogP) is 1.73. The highest BCUT2D eigenvalue weighted by Crippen LogP contribution is 2.20. The number of amides is 2. The number of anilines is 1. The van der Waals surface area contributed by atoms with Gasteiger partial charge in [0, 0.05) is 39.1 Å². The molecule has 0 spiro atoms. The van der Waals surface area contributed by atoms with Gasteiger partial charge in [-0.1, -0.05) is 12.1 Å². The maximum absolute atomic E-state index is 13.8. The molecule has 1 aromatic rings. The smallest absolute Gasteiger partial charge is 0.242 e. The molecule has 1 saturated heterocycles. The highest BCUT2D eigenvalue weighted by molar-refractivity contribution is 5.84. The second-order valence-electron chi connectivity index (χ2n) is 6.06. The van der Waals surface area contributed by atoms with Gasteiger partial charge in [-0.15, -0.1) is 0 Å². The number of halogens is 1. The summed E-state index contributed by atoms with van der Waals surface area (Å²) in [4.78, 5) is 29.2. The molecule has 0 aromatic heterocycles. The molecule has 23 heavy (non-hydrogen) atoms. The van der Waals surface area contributed by atoms with Crippen molar-refractivity contribution in [3.8, 4) is 0 Å². The van der Waals surface area contributed by atoms with Crippen LogP contribution in [0.1, 0.15) is 20.8 Å². The maximum Gasteiger partial charge on any atom is 0.242 e. The largest absolute Gasteiger partial charge is 0.366 e. The minimum absolute atomic E-state index is 0.00356. The van der Waals surface area contributed by atoms with E-state index >= 15 is 0 Å². The zero-order valence-corrected chi connectivity index (χ0v) is 14.0. The molecule has 5 nitrogen and oxygen atoms in total. The zero-order chi connectivity index (χ0) is 17.0. The number of piperazine rings is 1. The normalized spacial score (nSPS) is 15.0. The molecule has 2 amide bonds. The van der Waals surface area contributed by atoms with Gasteiger partial charge in [-0.25, -0.2) is 4.39 Å². The van der Waals surface area contributed by atoms with Crippen molar-refractivity contribution in [1.82, 2.24) is 9.80 Å². The van der Waals surface area contributed by atoms with Gasteiger partial charge in [0.05, 0.1) is 12.2 Å². The van der Waals surface area contributed by atoms with E-state index in [1.807, 2.05) is 24.8 Å². The van der Waals surface area contributed by atoms with Gasteiger partial charge in [-0.2, -0.15) is 0 Å². The molecule has 1 heterocycles. The summed E-state index contributed by atoms with van der Waals surface area (Å²) >= 11 is 0. The highest BCUT2D eigenvalue weighted by atomic mass is 19.1. The molecule has 1 fully saturated rings. The summed E-state index contributed by atoms with van der Waals surface area (Å²) < 4.78 is 13.8. The Kier molecular flexibility index (Phi) is 5.58. The molecule has 1 aliphatic heterocycles. The standard InChI is InChI=1S/C17H24FN3O2/c1-13(2)21(14(3)22)12-17(23)20-10-8-19(9-11-20)16-7-5-4-6-15(16)18/h4-7,13H,8-12H2,1-3H3. The third kappa shape index (κ3) is 4.21. The van der Waals surface area contributed by atoms with Crippen molar-refractivity contribution in [2.45, 2.75) is 26.8 Å². The average molecular weight is 321 g/mol. The Balaban J connectivity index is 1.92. The minimum Gasteiger partial charge on any atom is -0.366 e. The van der Waals surface area contributed by atoms with Crippen molar-refractivity contribution in [3.05, 3.63) is 30.1 Å². The molecular formula is C17H24FN3O2. The van der Waals surface area contributed by atoms with Crippen LogP contribution in [0.15, 0.2) is 24.3 Å². The van der Waals surface area contributed by atoms with E-state index in [1.165, 1.54) is 13.0 Å². The third-order valence-corrected chi connectivity index (χ3v) is 4.16. The van der Waals surface area contributed by atoms with Crippen LogP contribution in [-0.4, -0.2) is 60.4 Å². The van der Waals surface area contributed by atoms with Crippen LogP contribution in [0.3, 0.4) is 0 Å². The van der Waals surface area contributed by atoms with Gasteiger partial charge in [-0.05, 0) is 26.0 Å². The van der Waals surface area contributed by atoms with Crippen molar-refractivity contribution in [3.63, 3.8) is 0 Å². The maximum atomic E-state index is 13.8. The van der Waals surface area contributed by atoms with Crippen molar-refractivity contribution >= 4 is 17.5 Å². The van der Waals surface area contributed by atoms with E-state index in [4.69, 9.17) is 0 Å². The number of rotatable bonds is 4. The Bertz CT molecular complexity index is 569. The predicted molar refractivity (Wildman–Crippen MR) is 87.7 cm³/mol. The molecule has 2 rings (SSSR count). The van der Waals surface area contributed by atoms with Crippen LogP contribution in [0.2, 0.25) is 0 Å². The van der Waals surface area contributed by atoms with Gasteiger partial charge in [0.25, 0.3) is 0 Å². The third-order valence-electron chi connectivity index (χ3n) is 4.16. The molecule has 126 valence electrons. The summed E-state index contributed by atoms with van der Waals surface area (Å²) in [6.07, 6.45) is 0. The Hall–Kier alpha value is -2.11. The lowest BCUT2D eigenvalue weighted by molar-refractivity contribution is -0.141. The Morgan fingerprint density at radius 1 is 1.17 bits per heavy atom. The Labute approximate surface area is 136 Å². The molecule has 0 radical (unpaired) electrons. The van der Waals surface area contributed by atoms with Crippen molar-refractivity contribution in [2.24, 2.45) is 0 Å². The highest BCUT2D eigenvalue weighted by Gasteiger charge is 2.25. The van der Waals surface area contributed by atoms with E-state index < -0.39 is 0 Å². The summed E-state index contributed by atoms with van der Waals surface area (Å²) in [6.45, 7) is 7.63. The fraction of sp³-hybridized carbons (Fsp3) is 0.529. The topological polar surface area (TPSA) is 43.9 Å². The number of para-hydroxylation sites is 1. The minimum atomic E-state index is -0.241. The number of hydrogen-bond donors (Lipinski definition) is 0. The zero-order valence-electron chi connectivity index (χ0n) is 14.0. The van der Waals surface area contributed by atoms with E-state index in [1.54, 1.807) is 21.9 Å². The molecular weight excluding hydrogens is 297 g/mol. The molecule has 1 aromatic carbocycles. The van der Waals surface area contributed by atoms with Crippen LogP contribution in [0.25, 0.3) is 0 Å². The number of nitrogens with zero attached hydrogens (tertiary/aromatic N) is 3. The average Bonchev–Trinajstić information content (AvgIpc) is 2.52. The van der Waals surface area contributed by atoms with Gasteiger partial charge in [0.2, 0.25) is 11.8 Å². The first-order valence-corrected chi connectivity index (χ1v) is 7.94. The molecule has 1 aliphatic rings. The number of carbonyl (C=O) groups is 2. The second-order valence-corrected chi connectivity index (χ2v) is 6.06.